The lowest BCUT2D eigenvalue weighted by Gasteiger charge is -2.22. The summed E-state index contributed by atoms with van der Waals surface area (Å²) in [5, 5.41) is 12.1. The third kappa shape index (κ3) is 7.16. The summed E-state index contributed by atoms with van der Waals surface area (Å²) in [6.07, 6.45) is -1.08. The van der Waals surface area contributed by atoms with Gasteiger partial charge in [-0.05, 0) is 32.4 Å². The molecule has 0 saturated carbocycles. The molecule has 1 aromatic rings. The van der Waals surface area contributed by atoms with E-state index in [0.717, 1.165) is 0 Å². The highest BCUT2D eigenvalue weighted by Crippen LogP contribution is 2.18. The topological polar surface area (TPSA) is 84.9 Å². The van der Waals surface area contributed by atoms with E-state index < -0.39 is 29.5 Å². The first-order chi connectivity index (χ1) is 11.1. The van der Waals surface area contributed by atoms with Crippen LogP contribution in [0.15, 0.2) is 18.2 Å². The standard InChI is InChI=1S/C16H21BrFNO5/c1-16(2,3)24-15(22)19-13(14(20)21)8-10-4-5-11(9-12(10)18)23-7-6-17/h4-5,9,13H,6-8H2,1-3H3,(H,19,22)(H,20,21). The average molecular weight is 406 g/mol. The van der Waals surface area contributed by atoms with Gasteiger partial charge in [-0.15, -0.1) is 0 Å². The summed E-state index contributed by atoms with van der Waals surface area (Å²) < 4.78 is 24.4. The Labute approximate surface area is 148 Å². The molecule has 0 aliphatic carbocycles. The molecule has 134 valence electrons. The Morgan fingerprint density at radius 2 is 2.04 bits per heavy atom. The summed E-state index contributed by atoms with van der Waals surface area (Å²) >= 11 is 3.20. The van der Waals surface area contributed by atoms with Crippen LogP contribution in [0.2, 0.25) is 0 Å². The number of hydrogen-bond acceptors (Lipinski definition) is 4. The molecule has 1 rings (SSSR count). The van der Waals surface area contributed by atoms with Crippen LogP contribution >= 0.6 is 15.9 Å². The molecular weight excluding hydrogens is 385 g/mol. The zero-order chi connectivity index (χ0) is 18.3. The molecule has 0 aliphatic heterocycles. The number of alkyl carbamates (subject to hydrolysis) is 1. The fraction of sp³-hybridized carbons (Fsp3) is 0.500. The van der Waals surface area contributed by atoms with Crippen molar-refractivity contribution in [3.8, 4) is 5.75 Å². The summed E-state index contributed by atoms with van der Waals surface area (Å²) in [6.45, 7) is 5.37. The molecule has 0 spiro atoms. The Balaban J connectivity index is 2.78. The zero-order valence-electron chi connectivity index (χ0n) is 13.8. The van der Waals surface area contributed by atoms with Gasteiger partial charge in [-0.2, -0.15) is 0 Å². The van der Waals surface area contributed by atoms with Crippen molar-refractivity contribution in [1.29, 1.82) is 0 Å². The molecule has 1 amide bonds. The number of rotatable bonds is 7. The maximum absolute atomic E-state index is 14.1. The highest BCUT2D eigenvalue weighted by molar-refractivity contribution is 9.09. The van der Waals surface area contributed by atoms with E-state index in [-0.39, 0.29) is 12.0 Å². The van der Waals surface area contributed by atoms with Gasteiger partial charge in [-0.25, -0.2) is 14.0 Å². The first-order valence-electron chi connectivity index (χ1n) is 7.32. The van der Waals surface area contributed by atoms with Crippen molar-refractivity contribution in [2.45, 2.75) is 38.8 Å². The summed E-state index contributed by atoms with van der Waals surface area (Å²) in [5.41, 5.74) is -0.600. The predicted octanol–water partition coefficient (Wildman–Crippen LogP) is 3.12. The summed E-state index contributed by atoms with van der Waals surface area (Å²) in [6, 6.07) is 2.87. The van der Waals surface area contributed by atoms with Crippen molar-refractivity contribution in [2.75, 3.05) is 11.9 Å². The zero-order valence-corrected chi connectivity index (χ0v) is 15.4. The fourth-order valence-electron chi connectivity index (χ4n) is 1.81. The minimum absolute atomic E-state index is 0.157. The fourth-order valence-corrected chi connectivity index (χ4v) is 1.97. The summed E-state index contributed by atoms with van der Waals surface area (Å²) in [4.78, 5) is 23.0. The van der Waals surface area contributed by atoms with Gasteiger partial charge in [0.25, 0.3) is 0 Å². The van der Waals surface area contributed by atoms with Crippen molar-refractivity contribution in [2.24, 2.45) is 0 Å². The van der Waals surface area contributed by atoms with Gasteiger partial charge in [0.05, 0.1) is 6.61 Å². The SMILES string of the molecule is CC(C)(C)OC(=O)NC(Cc1ccc(OCCBr)cc1F)C(=O)O. The maximum Gasteiger partial charge on any atom is 0.408 e. The molecule has 1 atom stereocenters. The Morgan fingerprint density at radius 1 is 1.38 bits per heavy atom. The molecule has 0 heterocycles. The number of benzene rings is 1. The van der Waals surface area contributed by atoms with E-state index in [4.69, 9.17) is 9.47 Å². The van der Waals surface area contributed by atoms with Gasteiger partial charge in [0.1, 0.15) is 23.2 Å². The van der Waals surface area contributed by atoms with Crippen LogP contribution in [0.1, 0.15) is 26.3 Å². The third-order valence-electron chi connectivity index (χ3n) is 2.78. The molecule has 0 bridgehead atoms. The Hall–Kier alpha value is -1.83. The van der Waals surface area contributed by atoms with Crippen molar-refractivity contribution in [3.63, 3.8) is 0 Å². The molecular formula is C16H21BrFNO5. The van der Waals surface area contributed by atoms with E-state index in [1.165, 1.54) is 12.1 Å². The molecule has 0 radical (unpaired) electrons. The molecule has 8 heteroatoms. The lowest BCUT2D eigenvalue weighted by atomic mass is 10.1. The van der Waals surface area contributed by atoms with E-state index in [0.29, 0.717) is 17.7 Å². The third-order valence-corrected chi connectivity index (χ3v) is 3.11. The second kappa shape index (κ2) is 8.86. The van der Waals surface area contributed by atoms with Crippen LogP contribution in [0.25, 0.3) is 0 Å². The van der Waals surface area contributed by atoms with Gasteiger partial charge in [0.2, 0.25) is 0 Å². The van der Waals surface area contributed by atoms with E-state index in [1.54, 1.807) is 26.8 Å². The molecule has 0 aromatic heterocycles. The number of nitrogens with one attached hydrogen (secondary N) is 1. The van der Waals surface area contributed by atoms with Crippen LogP contribution in [0, 0.1) is 5.82 Å². The number of alkyl halides is 1. The number of carbonyl (C=O) groups is 2. The van der Waals surface area contributed by atoms with Crippen molar-refractivity contribution >= 4 is 28.0 Å². The minimum Gasteiger partial charge on any atom is -0.493 e. The first kappa shape index (κ1) is 20.2. The highest BCUT2D eigenvalue weighted by atomic mass is 79.9. The van der Waals surface area contributed by atoms with Crippen LogP contribution < -0.4 is 10.1 Å². The lowest BCUT2D eigenvalue weighted by Crippen LogP contribution is -2.44. The largest absolute Gasteiger partial charge is 0.493 e. The van der Waals surface area contributed by atoms with Gasteiger partial charge < -0.3 is 19.9 Å². The number of carboxylic acids is 1. The monoisotopic (exact) mass is 405 g/mol. The number of ether oxygens (including phenoxy) is 2. The molecule has 2 N–H and O–H groups in total. The summed E-state index contributed by atoms with van der Waals surface area (Å²) in [7, 11) is 0. The van der Waals surface area contributed by atoms with Gasteiger partial charge in [0, 0.05) is 17.8 Å². The second-order valence-electron chi connectivity index (χ2n) is 6.03. The van der Waals surface area contributed by atoms with Gasteiger partial charge in [0.15, 0.2) is 0 Å². The van der Waals surface area contributed by atoms with Crippen molar-refractivity contribution in [1.82, 2.24) is 5.32 Å². The van der Waals surface area contributed by atoms with Crippen LogP contribution in [-0.4, -0.2) is 40.7 Å². The van der Waals surface area contributed by atoms with Gasteiger partial charge >= 0.3 is 12.1 Å². The molecule has 1 aromatic carbocycles. The van der Waals surface area contributed by atoms with E-state index in [9.17, 15) is 19.1 Å². The van der Waals surface area contributed by atoms with Crippen LogP contribution in [-0.2, 0) is 16.0 Å². The number of carbonyl (C=O) groups excluding carboxylic acids is 1. The van der Waals surface area contributed by atoms with E-state index in [1.807, 2.05) is 0 Å². The molecule has 24 heavy (non-hydrogen) atoms. The van der Waals surface area contributed by atoms with E-state index >= 15 is 0 Å². The molecule has 0 fully saturated rings. The summed E-state index contributed by atoms with van der Waals surface area (Å²) in [5.74, 6) is -1.53. The number of carboxylic acid groups (broad SMARTS) is 1. The van der Waals surface area contributed by atoms with Crippen LogP contribution in [0.3, 0.4) is 0 Å². The number of hydrogen-bond donors (Lipinski definition) is 2. The first-order valence-corrected chi connectivity index (χ1v) is 8.44. The van der Waals surface area contributed by atoms with Gasteiger partial charge in [-0.3, -0.25) is 0 Å². The Morgan fingerprint density at radius 3 is 2.54 bits per heavy atom. The highest BCUT2D eigenvalue weighted by Gasteiger charge is 2.25. The van der Waals surface area contributed by atoms with Crippen LogP contribution in [0.5, 0.6) is 5.75 Å². The lowest BCUT2D eigenvalue weighted by molar-refractivity contribution is -0.139. The normalized spacial score (nSPS) is 12.4. The Kier molecular flexibility index (Phi) is 7.47. The van der Waals surface area contributed by atoms with Crippen molar-refractivity contribution in [3.05, 3.63) is 29.6 Å². The Bertz CT molecular complexity index is 588. The van der Waals surface area contributed by atoms with Crippen LogP contribution in [0.4, 0.5) is 9.18 Å². The predicted molar refractivity (Wildman–Crippen MR) is 90.2 cm³/mol. The molecule has 1 unspecified atom stereocenters. The van der Waals surface area contributed by atoms with Gasteiger partial charge in [-0.1, -0.05) is 22.0 Å². The number of aliphatic carboxylic acids is 1. The number of amides is 1. The quantitative estimate of drug-likeness (QED) is 0.680. The molecule has 0 aliphatic rings. The van der Waals surface area contributed by atoms with Crippen molar-refractivity contribution < 1.29 is 28.6 Å². The maximum atomic E-state index is 14.1. The molecule has 6 nitrogen and oxygen atoms in total. The molecule has 0 saturated heterocycles. The minimum atomic E-state index is -1.30. The van der Waals surface area contributed by atoms with E-state index in [2.05, 4.69) is 21.2 Å². The smallest absolute Gasteiger partial charge is 0.408 e. The second-order valence-corrected chi connectivity index (χ2v) is 6.82. The average Bonchev–Trinajstić information content (AvgIpc) is 2.44. The number of halogens is 2.